The highest BCUT2D eigenvalue weighted by Crippen LogP contribution is 1.94. The molecular weight excluding hydrogens is 134 g/mol. The van der Waals surface area contributed by atoms with Gasteiger partial charge in [-0.25, -0.2) is 4.98 Å². The van der Waals surface area contributed by atoms with Crippen LogP contribution in [0.25, 0.3) is 0 Å². The zero-order valence-corrected chi connectivity index (χ0v) is 5.32. The Morgan fingerprint density at radius 2 is 2.70 bits per heavy atom. The van der Waals surface area contributed by atoms with Crippen molar-refractivity contribution >= 4 is 6.47 Å². The van der Waals surface area contributed by atoms with Gasteiger partial charge >= 0.3 is 0 Å². The minimum atomic E-state index is 0.357. The molecule has 1 heterocycles. The molecule has 0 N–H and O–H groups in total. The number of hydrogen-bond acceptors (Lipinski definition) is 4. The van der Waals surface area contributed by atoms with Crippen molar-refractivity contribution < 1.29 is 13.9 Å². The van der Waals surface area contributed by atoms with Gasteiger partial charge in [0, 0.05) is 6.42 Å². The summed E-state index contributed by atoms with van der Waals surface area (Å²) in [6, 6.07) is 0. The van der Waals surface area contributed by atoms with E-state index in [1.807, 2.05) is 0 Å². The van der Waals surface area contributed by atoms with E-state index in [1.54, 1.807) is 0 Å². The van der Waals surface area contributed by atoms with E-state index in [0.717, 1.165) is 5.69 Å². The minimum absolute atomic E-state index is 0.357. The molecule has 4 heteroatoms. The summed E-state index contributed by atoms with van der Waals surface area (Å²) in [5.41, 5.74) is 0.793. The molecule has 0 bridgehead atoms. The third-order valence-corrected chi connectivity index (χ3v) is 1.03. The molecule has 0 fully saturated rings. The summed E-state index contributed by atoms with van der Waals surface area (Å²) in [5.74, 6) is 0. The van der Waals surface area contributed by atoms with Gasteiger partial charge in [-0.3, -0.25) is 4.79 Å². The Kier molecular flexibility index (Phi) is 2.49. The van der Waals surface area contributed by atoms with Crippen LogP contribution < -0.4 is 0 Å². The second kappa shape index (κ2) is 3.66. The molecule has 54 valence electrons. The van der Waals surface area contributed by atoms with E-state index in [9.17, 15) is 4.79 Å². The maximum atomic E-state index is 9.67. The smallest absolute Gasteiger partial charge is 0.293 e. The van der Waals surface area contributed by atoms with Crippen LogP contribution in [-0.2, 0) is 16.0 Å². The number of aromatic nitrogens is 1. The molecule has 1 rings (SSSR count). The first kappa shape index (κ1) is 6.80. The van der Waals surface area contributed by atoms with E-state index in [2.05, 4.69) is 9.72 Å². The summed E-state index contributed by atoms with van der Waals surface area (Å²) >= 11 is 0. The summed E-state index contributed by atoms with van der Waals surface area (Å²) in [6.07, 6.45) is 3.47. The molecule has 4 nitrogen and oxygen atoms in total. The zero-order valence-electron chi connectivity index (χ0n) is 5.32. The van der Waals surface area contributed by atoms with Gasteiger partial charge in [0.15, 0.2) is 6.39 Å². The van der Waals surface area contributed by atoms with Crippen LogP contribution in [0, 0.1) is 0 Å². The third-order valence-electron chi connectivity index (χ3n) is 1.03. The van der Waals surface area contributed by atoms with Crippen LogP contribution in [0.1, 0.15) is 5.69 Å². The fourth-order valence-corrected chi connectivity index (χ4v) is 0.573. The fraction of sp³-hybridized carbons (Fsp3) is 0.333. The maximum absolute atomic E-state index is 9.67. The molecular formula is C6H7NO3. The average molecular weight is 141 g/mol. The highest BCUT2D eigenvalue weighted by atomic mass is 16.5. The largest absolute Gasteiger partial charge is 0.467 e. The van der Waals surface area contributed by atoms with Gasteiger partial charge in [0.1, 0.15) is 6.26 Å². The Hall–Kier alpha value is -1.32. The predicted octanol–water partition coefficient (Wildman–Crippen LogP) is 0.390. The lowest BCUT2D eigenvalue weighted by molar-refractivity contribution is -0.128. The average Bonchev–Trinajstić information content (AvgIpc) is 2.41. The van der Waals surface area contributed by atoms with Crippen LogP contribution in [0.2, 0.25) is 0 Å². The van der Waals surface area contributed by atoms with Crippen molar-refractivity contribution in [2.45, 2.75) is 6.42 Å². The molecule has 1 aromatic rings. The van der Waals surface area contributed by atoms with Gasteiger partial charge in [0.2, 0.25) is 0 Å². The molecule has 10 heavy (non-hydrogen) atoms. The Morgan fingerprint density at radius 3 is 3.30 bits per heavy atom. The normalized spacial score (nSPS) is 9.20. The summed E-state index contributed by atoms with van der Waals surface area (Å²) in [6.45, 7) is 0.774. The lowest BCUT2D eigenvalue weighted by Gasteiger charge is -1.91. The number of oxazole rings is 1. The van der Waals surface area contributed by atoms with Gasteiger partial charge < -0.3 is 9.15 Å². The van der Waals surface area contributed by atoms with Crippen LogP contribution in [0.5, 0.6) is 0 Å². The summed E-state index contributed by atoms with van der Waals surface area (Å²) in [5, 5.41) is 0. The monoisotopic (exact) mass is 141 g/mol. The Balaban J connectivity index is 2.21. The molecule has 0 unspecified atom stereocenters. The lowest BCUT2D eigenvalue weighted by atomic mass is 10.4. The lowest BCUT2D eigenvalue weighted by Crippen LogP contribution is -1.96. The van der Waals surface area contributed by atoms with Crippen LogP contribution in [0.15, 0.2) is 17.1 Å². The van der Waals surface area contributed by atoms with Crippen LogP contribution >= 0.6 is 0 Å². The van der Waals surface area contributed by atoms with Gasteiger partial charge in [-0.05, 0) is 0 Å². The van der Waals surface area contributed by atoms with E-state index >= 15 is 0 Å². The zero-order chi connectivity index (χ0) is 7.23. The molecule has 0 aliphatic heterocycles. The topological polar surface area (TPSA) is 52.3 Å². The standard InChI is InChI=1S/C6H7NO3/c8-5-9-2-1-6-3-10-4-7-6/h3-5H,1-2H2. The Bertz CT molecular complexity index is 183. The molecule has 0 atom stereocenters. The molecule has 1 aromatic heterocycles. The fourth-order valence-electron chi connectivity index (χ4n) is 0.573. The number of carbonyl (C=O) groups excluding carboxylic acids is 1. The van der Waals surface area contributed by atoms with Gasteiger partial charge in [-0.2, -0.15) is 0 Å². The quantitative estimate of drug-likeness (QED) is 0.449. The Labute approximate surface area is 57.8 Å². The molecule has 0 radical (unpaired) electrons. The van der Waals surface area contributed by atoms with E-state index in [1.165, 1.54) is 12.7 Å². The molecule has 0 saturated carbocycles. The van der Waals surface area contributed by atoms with E-state index in [4.69, 9.17) is 4.42 Å². The van der Waals surface area contributed by atoms with Gasteiger partial charge in [-0.1, -0.05) is 0 Å². The van der Waals surface area contributed by atoms with Crippen LogP contribution in [0.4, 0.5) is 0 Å². The second-order valence-electron chi connectivity index (χ2n) is 1.70. The summed E-state index contributed by atoms with van der Waals surface area (Å²) in [4.78, 5) is 13.5. The minimum Gasteiger partial charge on any atom is -0.467 e. The van der Waals surface area contributed by atoms with Crippen molar-refractivity contribution in [2.75, 3.05) is 6.61 Å². The number of carbonyl (C=O) groups is 1. The van der Waals surface area contributed by atoms with Crippen molar-refractivity contribution in [1.82, 2.24) is 4.98 Å². The van der Waals surface area contributed by atoms with E-state index in [-0.39, 0.29) is 0 Å². The van der Waals surface area contributed by atoms with Gasteiger partial charge in [0.25, 0.3) is 6.47 Å². The molecule has 0 spiro atoms. The van der Waals surface area contributed by atoms with Crippen molar-refractivity contribution in [3.63, 3.8) is 0 Å². The van der Waals surface area contributed by atoms with Gasteiger partial charge in [0.05, 0.1) is 12.3 Å². The SMILES string of the molecule is O=COCCc1cocn1. The van der Waals surface area contributed by atoms with Crippen LogP contribution in [-0.4, -0.2) is 18.1 Å². The van der Waals surface area contributed by atoms with Crippen molar-refractivity contribution in [3.05, 3.63) is 18.4 Å². The highest BCUT2D eigenvalue weighted by Gasteiger charge is 1.93. The molecule has 0 aliphatic rings. The first-order valence-electron chi connectivity index (χ1n) is 2.86. The Morgan fingerprint density at radius 1 is 1.80 bits per heavy atom. The van der Waals surface area contributed by atoms with Crippen LogP contribution in [0.3, 0.4) is 0 Å². The molecule has 0 aromatic carbocycles. The summed E-state index contributed by atoms with van der Waals surface area (Å²) < 4.78 is 9.13. The van der Waals surface area contributed by atoms with Crippen molar-refractivity contribution in [2.24, 2.45) is 0 Å². The molecule has 0 saturated heterocycles. The van der Waals surface area contributed by atoms with Gasteiger partial charge in [-0.15, -0.1) is 0 Å². The summed E-state index contributed by atoms with van der Waals surface area (Å²) in [7, 11) is 0. The molecule has 0 amide bonds. The number of ether oxygens (including phenoxy) is 1. The van der Waals surface area contributed by atoms with E-state index in [0.29, 0.717) is 19.5 Å². The number of nitrogens with zero attached hydrogens (tertiary/aromatic N) is 1. The third kappa shape index (κ3) is 1.89. The van der Waals surface area contributed by atoms with E-state index < -0.39 is 0 Å². The second-order valence-corrected chi connectivity index (χ2v) is 1.70. The first-order chi connectivity index (χ1) is 4.93. The first-order valence-corrected chi connectivity index (χ1v) is 2.86. The van der Waals surface area contributed by atoms with Crippen molar-refractivity contribution in [3.8, 4) is 0 Å². The highest BCUT2D eigenvalue weighted by molar-refractivity contribution is 5.36. The predicted molar refractivity (Wildman–Crippen MR) is 32.2 cm³/mol. The van der Waals surface area contributed by atoms with Crippen molar-refractivity contribution in [1.29, 1.82) is 0 Å². The maximum Gasteiger partial charge on any atom is 0.293 e. The number of rotatable bonds is 4. The number of hydrogen-bond donors (Lipinski definition) is 0. The molecule has 0 aliphatic carbocycles.